The predicted molar refractivity (Wildman–Crippen MR) is 97.7 cm³/mol. The molecule has 1 atom stereocenters. The van der Waals surface area contributed by atoms with Crippen LogP contribution < -0.4 is 5.32 Å². The van der Waals surface area contributed by atoms with Gasteiger partial charge in [0.05, 0.1) is 10.0 Å². The van der Waals surface area contributed by atoms with Gasteiger partial charge in [-0.3, -0.25) is 4.90 Å². The summed E-state index contributed by atoms with van der Waals surface area (Å²) >= 11 is 12.2. The SMILES string of the molecule is CCCC[C@H](c1ccc(Cl)c(Cl)c1)N1CCNCC1.Cl.Cl. The van der Waals surface area contributed by atoms with E-state index in [0.717, 1.165) is 26.2 Å². The van der Waals surface area contributed by atoms with Gasteiger partial charge in [-0.25, -0.2) is 0 Å². The summed E-state index contributed by atoms with van der Waals surface area (Å²) in [5, 5.41) is 4.71. The first-order valence-electron chi connectivity index (χ1n) is 7.12. The Labute approximate surface area is 150 Å². The summed E-state index contributed by atoms with van der Waals surface area (Å²) in [5.41, 5.74) is 1.30. The van der Waals surface area contributed by atoms with Gasteiger partial charge in [0.25, 0.3) is 0 Å². The number of hydrogen-bond donors (Lipinski definition) is 1. The molecule has 0 spiro atoms. The average Bonchev–Trinajstić information content (AvgIpc) is 2.44. The molecule has 2 nitrogen and oxygen atoms in total. The maximum absolute atomic E-state index is 6.17. The van der Waals surface area contributed by atoms with Crippen molar-refractivity contribution in [1.82, 2.24) is 10.2 Å². The largest absolute Gasteiger partial charge is 0.314 e. The topological polar surface area (TPSA) is 15.3 Å². The van der Waals surface area contributed by atoms with Crippen molar-refractivity contribution < 1.29 is 0 Å². The minimum Gasteiger partial charge on any atom is -0.314 e. The number of benzene rings is 1. The minimum absolute atomic E-state index is 0. The molecule has 6 heteroatoms. The Bertz CT molecular complexity index is 409. The molecule has 0 aromatic heterocycles. The van der Waals surface area contributed by atoms with E-state index in [-0.39, 0.29) is 24.8 Å². The van der Waals surface area contributed by atoms with Crippen LogP contribution >= 0.6 is 48.0 Å². The summed E-state index contributed by atoms with van der Waals surface area (Å²) in [6, 6.07) is 6.54. The number of nitrogens with one attached hydrogen (secondary N) is 1. The average molecular weight is 374 g/mol. The molecule has 1 fully saturated rings. The third kappa shape index (κ3) is 6.13. The molecular formula is C15H24Cl4N2. The molecule has 21 heavy (non-hydrogen) atoms. The molecule has 1 aliphatic heterocycles. The fraction of sp³-hybridized carbons (Fsp3) is 0.600. The van der Waals surface area contributed by atoms with Crippen LogP contribution in [0.4, 0.5) is 0 Å². The molecule has 1 N–H and O–H groups in total. The smallest absolute Gasteiger partial charge is 0.0595 e. The lowest BCUT2D eigenvalue weighted by molar-refractivity contribution is 0.163. The maximum atomic E-state index is 6.17. The van der Waals surface area contributed by atoms with E-state index in [1.165, 1.54) is 24.8 Å². The van der Waals surface area contributed by atoms with Gasteiger partial charge in [-0.15, -0.1) is 24.8 Å². The van der Waals surface area contributed by atoms with Crippen molar-refractivity contribution in [3.05, 3.63) is 33.8 Å². The molecular weight excluding hydrogens is 350 g/mol. The van der Waals surface area contributed by atoms with Crippen molar-refractivity contribution in [3.8, 4) is 0 Å². The predicted octanol–water partition coefficient (Wildman–Crippen LogP) is 4.97. The molecule has 2 rings (SSSR count). The number of nitrogens with zero attached hydrogens (tertiary/aromatic N) is 1. The Kier molecular flexibility index (Phi) is 11.1. The first-order valence-corrected chi connectivity index (χ1v) is 7.87. The number of unbranched alkanes of at least 4 members (excludes halogenated alkanes) is 1. The van der Waals surface area contributed by atoms with Crippen LogP contribution in [0.15, 0.2) is 18.2 Å². The first-order chi connectivity index (χ1) is 9.22. The van der Waals surface area contributed by atoms with Gasteiger partial charge in [0.1, 0.15) is 0 Å². The number of rotatable bonds is 5. The number of hydrogen-bond acceptors (Lipinski definition) is 2. The standard InChI is InChI=1S/C15H22Cl2N2.2ClH/c1-2-3-4-15(19-9-7-18-8-10-19)12-5-6-13(16)14(17)11-12;;/h5-6,11,15,18H,2-4,7-10H2,1H3;2*1H/t15-;;/m1../s1. The van der Waals surface area contributed by atoms with Crippen molar-refractivity contribution in [2.75, 3.05) is 26.2 Å². The van der Waals surface area contributed by atoms with Gasteiger partial charge < -0.3 is 5.32 Å². The molecule has 0 bridgehead atoms. The Morgan fingerprint density at radius 3 is 2.38 bits per heavy atom. The minimum atomic E-state index is 0. The zero-order valence-corrected chi connectivity index (χ0v) is 15.4. The third-order valence-corrected chi connectivity index (χ3v) is 4.49. The van der Waals surface area contributed by atoms with Crippen molar-refractivity contribution in [2.24, 2.45) is 0 Å². The Morgan fingerprint density at radius 1 is 1.14 bits per heavy atom. The lowest BCUT2D eigenvalue weighted by Crippen LogP contribution is -2.45. The fourth-order valence-corrected chi connectivity index (χ4v) is 2.98. The second-order valence-electron chi connectivity index (χ2n) is 5.12. The maximum Gasteiger partial charge on any atom is 0.0595 e. The fourth-order valence-electron chi connectivity index (χ4n) is 2.67. The molecule has 0 saturated carbocycles. The summed E-state index contributed by atoms with van der Waals surface area (Å²) < 4.78 is 0. The lowest BCUT2D eigenvalue weighted by atomic mass is 9.99. The summed E-state index contributed by atoms with van der Waals surface area (Å²) in [5.74, 6) is 0. The van der Waals surface area contributed by atoms with E-state index in [4.69, 9.17) is 23.2 Å². The highest BCUT2D eigenvalue weighted by Gasteiger charge is 2.22. The van der Waals surface area contributed by atoms with Crippen molar-refractivity contribution >= 4 is 48.0 Å². The monoisotopic (exact) mass is 372 g/mol. The van der Waals surface area contributed by atoms with Crippen LogP contribution in [0.3, 0.4) is 0 Å². The van der Waals surface area contributed by atoms with E-state index in [9.17, 15) is 0 Å². The van der Waals surface area contributed by atoms with E-state index in [2.05, 4.69) is 23.2 Å². The van der Waals surface area contributed by atoms with Crippen molar-refractivity contribution in [1.29, 1.82) is 0 Å². The second kappa shape index (κ2) is 10.9. The van der Waals surface area contributed by atoms with Crippen molar-refractivity contribution in [2.45, 2.75) is 32.2 Å². The van der Waals surface area contributed by atoms with Gasteiger partial charge in [0.2, 0.25) is 0 Å². The van der Waals surface area contributed by atoms with Gasteiger partial charge >= 0.3 is 0 Å². The van der Waals surface area contributed by atoms with Crippen LogP contribution in [0.2, 0.25) is 10.0 Å². The molecule has 0 unspecified atom stereocenters. The van der Waals surface area contributed by atoms with E-state index in [1.807, 2.05) is 12.1 Å². The summed E-state index contributed by atoms with van der Waals surface area (Å²) in [6.07, 6.45) is 3.66. The van der Waals surface area contributed by atoms with E-state index >= 15 is 0 Å². The highest BCUT2D eigenvalue weighted by Crippen LogP contribution is 2.31. The summed E-state index contributed by atoms with van der Waals surface area (Å²) in [4.78, 5) is 2.56. The normalized spacial score (nSPS) is 16.7. The molecule has 1 aromatic carbocycles. The zero-order valence-electron chi connectivity index (χ0n) is 12.3. The number of halogens is 4. The highest BCUT2D eigenvalue weighted by atomic mass is 35.5. The van der Waals surface area contributed by atoms with Gasteiger partial charge in [-0.1, -0.05) is 49.0 Å². The Morgan fingerprint density at radius 2 is 1.81 bits per heavy atom. The summed E-state index contributed by atoms with van der Waals surface area (Å²) in [7, 11) is 0. The molecule has 0 amide bonds. The van der Waals surface area contributed by atoms with Crippen LogP contribution in [0.25, 0.3) is 0 Å². The summed E-state index contributed by atoms with van der Waals surface area (Å²) in [6.45, 7) is 6.60. The highest BCUT2D eigenvalue weighted by molar-refractivity contribution is 6.42. The molecule has 1 saturated heterocycles. The molecule has 0 aliphatic carbocycles. The Hall–Kier alpha value is 0.300. The lowest BCUT2D eigenvalue weighted by Gasteiger charge is -2.35. The van der Waals surface area contributed by atoms with Gasteiger partial charge in [0.15, 0.2) is 0 Å². The van der Waals surface area contributed by atoms with Gasteiger partial charge in [-0.2, -0.15) is 0 Å². The van der Waals surface area contributed by atoms with Crippen LogP contribution in [0.5, 0.6) is 0 Å². The molecule has 1 heterocycles. The van der Waals surface area contributed by atoms with Crippen molar-refractivity contribution in [3.63, 3.8) is 0 Å². The van der Waals surface area contributed by atoms with Crippen LogP contribution in [-0.2, 0) is 0 Å². The molecule has 1 aromatic rings. The van der Waals surface area contributed by atoms with Crippen LogP contribution in [0.1, 0.15) is 37.8 Å². The van der Waals surface area contributed by atoms with Crippen LogP contribution in [-0.4, -0.2) is 31.1 Å². The van der Waals surface area contributed by atoms with E-state index in [1.54, 1.807) is 0 Å². The Balaban J connectivity index is 0.00000200. The van der Waals surface area contributed by atoms with Gasteiger partial charge in [0, 0.05) is 32.2 Å². The molecule has 0 radical (unpaired) electrons. The molecule has 122 valence electrons. The third-order valence-electron chi connectivity index (χ3n) is 3.75. The quantitative estimate of drug-likeness (QED) is 0.783. The van der Waals surface area contributed by atoms with E-state index in [0.29, 0.717) is 16.1 Å². The van der Waals surface area contributed by atoms with Gasteiger partial charge in [-0.05, 0) is 24.1 Å². The second-order valence-corrected chi connectivity index (χ2v) is 5.93. The number of piperazine rings is 1. The van der Waals surface area contributed by atoms with E-state index < -0.39 is 0 Å². The molecule has 1 aliphatic rings. The first kappa shape index (κ1) is 21.3. The zero-order chi connectivity index (χ0) is 13.7. The van der Waals surface area contributed by atoms with Crippen LogP contribution in [0, 0.1) is 0 Å².